The topological polar surface area (TPSA) is 97.1 Å². The fourth-order valence-corrected chi connectivity index (χ4v) is 4.60. The zero-order valence-electron chi connectivity index (χ0n) is 19.7. The Morgan fingerprint density at radius 1 is 1.29 bits per heavy atom. The molecule has 4 rings (SSSR count). The molecule has 184 valence electrons. The van der Waals surface area contributed by atoms with Crippen molar-refractivity contribution in [3.8, 4) is 11.5 Å². The van der Waals surface area contributed by atoms with Crippen LogP contribution in [0.4, 0.5) is 5.69 Å². The summed E-state index contributed by atoms with van der Waals surface area (Å²) in [5.41, 5.74) is 9.48. The van der Waals surface area contributed by atoms with Crippen LogP contribution in [0.5, 0.6) is 11.5 Å². The van der Waals surface area contributed by atoms with Gasteiger partial charge in [0.05, 0.1) is 17.4 Å². The van der Waals surface area contributed by atoms with Gasteiger partial charge < -0.3 is 30.5 Å². The van der Waals surface area contributed by atoms with Gasteiger partial charge in [0.25, 0.3) is 5.91 Å². The molecule has 0 radical (unpaired) electrons. The van der Waals surface area contributed by atoms with Gasteiger partial charge in [-0.15, -0.1) is 0 Å². The summed E-state index contributed by atoms with van der Waals surface area (Å²) in [6.45, 7) is 5.01. The van der Waals surface area contributed by atoms with Crippen LogP contribution in [-0.4, -0.2) is 56.0 Å². The van der Waals surface area contributed by atoms with Crippen LogP contribution < -0.4 is 25.4 Å². The number of halogens is 1. The molecule has 0 bridgehead atoms. The molecule has 1 saturated carbocycles. The number of amides is 1. The van der Waals surface area contributed by atoms with Crippen molar-refractivity contribution in [3.05, 3.63) is 52.0 Å². The number of nitrogens with two attached hydrogens (primary N) is 1. The van der Waals surface area contributed by atoms with Gasteiger partial charge in [-0.1, -0.05) is 17.7 Å². The first-order valence-electron chi connectivity index (χ1n) is 12.1. The zero-order chi connectivity index (χ0) is 24.1. The number of primary amides is 1. The molecule has 1 amide bonds. The van der Waals surface area contributed by atoms with Gasteiger partial charge >= 0.3 is 0 Å². The highest BCUT2D eigenvalue weighted by molar-refractivity contribution is 6.30. The number of rotatable bonds is 13. The molecule has 1 aliphatic carbocycles. The molecule has 2 aromatic rings. The lowest BCUT2D eigenvalue weighted by Gasteiger charge is -2.22. The van der Waals surface area contributed by atoms with Crippen molar-refractivity contribution < 1.29 is 19.4 Å². The van der Waals surface area contributed by atoms with Crippen molar-refractivity contribution in [3.63, 3.8) is 0 Å². The number of aliphatic hydroxyl groups excluding tert-OH is 1. The lowest BCUT2D eigenvalue weighted by Crippen LogP contribution is -2.32. The number of anilines is 1. The number of carbonyl (C=O) groups is 1. The van der Waals surface area contributed by atoms with Gasteiger partial charge in [-0.3, -0.25) is 4.79 Å². The molecule has 2 aromatic carbocycles. The summed E-state index contributed by atoms with van der Waals surface area (Å²) in [6, 6.07) is 9.76. The number of carbonyl (C=O) groups excluding carboxylic acids is 1. The van der Waals surface area contributed by atoms with Gasteiger partial charge in [0.1, 0.15) is 6.61 Å². The van der Waals surface area contributed by atoms with Crippen LogP contribution in [0.1, 0.15) is 47.7 Å². The summed E-state index contributed by atoms with van der Waals surface area (Å²) < 4.78 is 11.9. The molecule has 1 heterocycles. The van der Waals surface area contributed by atoms with E-state index in [2.05, 4.69) is 23.2 Å². The summed E-state index contributed by atoms with van der Waals surface area (Å²) >= 11 is 6.11. The van der Waals surface area contributed by atoms with Crippen LogP contribution in [0.3, 0.4) is 0 Å². The van der Waals surface area contributed by atoms with Crippen LogP contribution in [0.2, 0.25) is 5.02 Å². The lowest BCUT2D eigenvalue weighted by atomic mass is 9.98. The third-order valence-electron chi connectivity index (χ3n) is 6.19. The fourth-order valence-electron chi connectivity index (χ4n) is 4.43. The van der Waals surface area contributed by atoms with Gasteiger partial charge in [0.2, 0.25) is 0 Å². The third-order valence-corrected chi connectivity index (χ3v) is 6.42. The van der Waals surface area contributed by atoms with E-state index in [1.807, 2.05) is 18.2 Å². The summed E-state index contributed by atoms with van der Waals surface area (Å²) in [4.78, 5) is 14.3. The number of nitrogens with one attached hydrogen (secondary N) is 1. The van der Waals surface area contributed by atoms with Crippen molar-refractivity contribution >= 4 is 23.2 Å². The Labute approximate surface area is 206 Å². The maximum absolute atomic E-state index is 12.2. The number of nitrogens with zero attached hydrogens (tertiary/aromatic N) is 1. The summed E-state index contributed by atoms with van der Waals surface area (Å²) in [5.74, 6) is 1.00. The predicted octanol–water partition coefficient (Wildman–Crippen LogP) is 3.32. The highest BCUT2D eigenvalue weighted by Gasteiger charge is 2.26. The van der Waals surface area contributed by atoms with E-state index in [1.54, 1.807) is 6.07 Å². The van der Waals surface area contributed by atoms with Crippen molar-refractivity contribution in [2.24, 2.45) is 5.73 Å². The Morgan fingerprint density at radius 3 is 2.85 bits per heavy atom. The second-order valence-electron chi connectivity index (χ2n) is 9.15. The summed E-state index contributed by atoms with van der Waals surface area (Å²) in [7, 11) is 0. The Hall–Kier alpha value is -2.48. The molecule has 1 aliphatic heterocycles. The monoisotopic (exact) mass is 487 g/mol. The normalized spacial score (nSPS) is 15.8. The van der Waals surface area contributed by atoms with Crippen molar-refractivity contribution in [1.82, 2.24) is 5.32 Å². The Morgan fingerprint density at radius 2 is 2.12 bits per heavy atom. The molecular weight excluding hydrogens is 454 g/mol. The summed E-state index contributed by atoms with van der Waals surface area (Å²) in [5, 5.41) is 13.3. The standard InChI is InChI=1S/C26H34ClN3O4/c1-17(29-8-12-33-23-6-3-20(27)16-24(23)34-21-4-5-21)13-18-14-19-7-10-30(9-2-11-31)25(19)22(15-18)26(28)32/h3,6,14-17,21,29,31H,2,4-5,7-13H2,1H3,(H2,28,32). The molecule has 0 saturated heterocycles. The second-order valence-corrected chi connectivity index (χ2v) is 9.58. The largest absolute Gasteiger partial charge is 0.488 e. The molecule has 8 heteroatoms. The molecule has 1 fully saturated rings. The van der Waals surface area contributed by atoms with Gasteiger partial charge in [-0.2, -0.15) is 0 Å². The highest BCUT2D eigenvalue weighted by Crippen LogP contribution is 2.36. The minimum absolute atomic E-state index is 0.135. The van der Waals surface area contributed by atoms with Crippen LogP contribution >= 0.6 is 11.6 Å². The number of aliphatic hydroxyl groups is 1. The molecule has 1 unspecified atom stereocenters. The van der Waals surface area contributed by atoms with E-state index in [-0.39, 0.29) is 18.8 Å². The molecule has 0 spiro atoms. The first-order valence-corrected chi connectivity index (χ1v) is 12.5. The van der Waals surface area contributed by atoms with E-state index >= 15 is 0 Å². The van der Waals surface area contributed by atoms with E-state index in [4.69, 9.17) is 31.9 Å². The van der Waals surface area contributed by atoms with E-state index in [0.29, 0.717) is 41.7 Å². The van der Waals surface area contributed by atoms with Crippen LogP contribution in [0.25, 0.3) is 0 Å². The lowest BCUT2D eigenvalue weighted by molar-refractivity contribution is 0.100. The minimum atomic E-state index is -0.407. The molecule has 2 aliphatic rings. The highest BCUT2D eigenvalue weighted by atomic mass is 35.5. The van der Waals surface area contributed by atoms with Gasteiger partial charge in [-0.25, -0.2) is 0 Å². The van der Waals surface area contributed by atoms with E-state index in [1.165, 1.54) is 0 Å². The average Bonchev–Trinajstić information content (AvgIpc) is 3.53. The molecular formula is C26H34ClN3O4. The van der Waals surface area contributed by atoms with Crippen molar-refractivity contribution in [1.29, 1.82) is 0 Å². The molecule has 7 nitrogen and oxygen atoms in total. The Bertz CT molecular complexity index is 1010. The number of hydrogen-bond donors (Lipinski definition) is 3. The maximum Gasteiger partial charge on any atom is 0.250 e. The molecule has 1 atom stereocenters. The molecule has 0 aromatic heterocycles. The summed E-state index contributed by atoms with van der Waals surface area (Å²) in [6.07, 6.45) is 4.76. The van der Waals surface area contributed by atoms with Gasteiger partial charge in [-0.05, 0) is 68.4 Å². The maximum atomic E-state index is 12.2. The first-order chi connectivity index (χ1) is 16.4. The van der Waals surface area contributed by atoms with Gasteiger partial charge in [0, 0.05) is 43.4 Å². The average molecular weight is 488 g/mol. The van der Waals surface area contributed by atoms with Crippen molar-refractivity contribution in [2.45, 2.75) is 51.2 Å². The SMILES string of the molecule is CC(Cc1cc2c(c(C(N)=O)c1)N(CCCO)CC2)NCCOc1ccc(Cl)cc1OC1CC1. The predicted molar refractivity (Wildman–Crippen MR) is 134 cm³/mol. The van der Waals surface area contributed by atoms with Crippen LogP contribution in [0, 0.1) is 0 Å². The molecule has 34 heavy (non-hydrogen) atoms. The van der Waals surface area contributed by atoms with Crippen LogP contribution in [-0.2, 0) is 12.8 Å². The third kappa shape index (κ3) is 6.34. The van der Waals surface area contributed by atoms with Crippen molar-refractivity contribution in [2.75, 3.05) is 37.7 Å². The number of fused-ring (bicyclic) bond motifs is 1. The van der Waals surface area contributed by atoms with Gasteiger partial charge in [0.15, 0.2) is 11.5 Å². The second kappa shape index (κ2) is 11.3. The van der Waals surface area contributed by atoms with E-state index < -0.39 is 5.91 Å². The zero-order valence-corrected chi connectivity index (χ0v) is 20.4. The van der Waals surface area contributed by atoms with E-state index in [9.17, 15) is 4.79 Å². The molecule has 4 N–H and O–H groups in total. The fraction of sp³-hybridized carbons (Fsp3) is 0.500. The number of benzene rings is 2. The minimum Gasteiger partial charge on any atom is -0.488 e. The Kier molecular flexibility index (Phi) is 8.19. The Balaban J connectivity index is 1.31. The number of hydrogen-bond acceptors (Lipinski definition) is 6. The van der Waals surface area contributed by atoms with E-state index in [0.717, 1.165) is 55.6 Å². The quantitative estimate of drug-likeness (QED) is 0.375. The van der Waals surface area contributed by atoms with Crippen LogP contribution in [0.15, 0.2) is 30.3 Å². The number of ether oxygens (including phenoxy) is 2. The first kappa shape index (κ1) is 24.6. The smallest absolute Gasteiger partial charge is 0.250 e.